The fraction of sp³-hybridized carbons (Fsp3) is 0.333. The molecule has 1 amide bonds. The summed E-state index contributed by atoms with van der Waals surface area (Å²) < 4.78 is 0. The molecule has 0 saturated heterocycles. The summed E-state index contributed by atoms with van der Waals surface area (Å²) in [6.07, 6.45) is 1.55. The standard InChI is InChI=1S/C21H23NO2/c1-14(2)19(22-21(24)15-8-4-3-5-9-15)20(23)18-12-16-10-6-7-11-17(16)13-18/h3-11,14,18-19H,12-13H2,1-2H3,(H,22,24)/t19-/m0/s1. The van der Waals surface area contributed by atoms with Crippen LogP contribution < -0.4 is 5.32 Å². The maximum Gasteiger partial charge on any atom is 0.251 e. The average molecular weight is 321 g/mol. The highest BCUT2D eigenvalue weighted by Crippen LogP contribution is 2.28. The maximum absolute atomic E-state index is 13.0. The molecule has 0 heterocycles. The Morgan fingerprint density at radius 2 is 1.46 bits per heavy atom. The summed E-state index contributed by atoms with van der Waals surface area (Å²) in [6.45, 7) is 3.96. The summed E-state index contributed by atoms with van der Waals surface area (Å²) in [7, 11) is 0. The average Bonchev–Trinajstić information content (AvgIpc) is 3.03. The Morgan fingerprint density at radius 3 is 2.00 bits per heavy atom. The number of hydrogen-bond acceptors (Lipinski definition) is 2. The van der Waals surface area contributed by atoms with Crippen molar-refractivity contribution < 1.29 is 9.59 Å². The Hall–Kier alpha value is -2.42. The molecule has 0 fully saturated rings. The number of nitrogens with one attached hydrogen (secondary N) is 1. The molecule has 24 heavy (non-hydrogen) atoms. The second-order valence-electron chi connectivity index (χ2n) is 6.84. The van der Waals surface area contributed by atoms with E-state index < -0.39 is 6.04 Å². The minimum absolute atomic E-state index is 0.0362. The summed E-state index contributed by atoms with van der Waals surface area (Å²) >= 11 is 0. The Kier molecular flexibility index (Phi) is 4.79. The second kappa shape index (κ2) is 7.00. The molecule has 0 radical (unpaired) electrons. The number of hydrogen-bond donors (Lipinski definition) is 1. The van der Waals surface area contributed by atoms with E-state index in [2.05, 4.69) is 17.4 Å². The molecule has 1 N–H and O–H groups in total. The van der Waals surface area contributed by atoms with Gasteiger partial charge >= 0.3 is 0 Å². The minimum Gasteiger partial charge on any atom is -0.342 e. The summed E-state index contributed by atoms with van der Waals surface area (Å²) in [5, 5.41) is 2.95. The molecule has 2 aromatic carbocycles. The van der Waals surface area contributed by atoms with Crippen LogP contribution in [-0.4, -0.2) is 17.7 Å². The molecule has 3 rings (SSSR count). The second-order valence-corrected chi connectivity index (χ2v) is 6.84. The van der Waals surface area contributed by atoms with Crippen molar-refractivity contribution in [2.24, 2.45) is 11.8 Å². The summed E-state index contributed by atoms with van der Waals surface area (Å²) in [5.74, 6) is -0.0107. The zero-order chi connectivity index (χ0) is 17.1. The lowest BCUT2D eigenvalue weighted by Gasteiger charge is -2.24. The lowest BCUT2D eigenvalue weighted by atomic mass is 9.89. The molecule has 1 atom stereocenters. The van der Waals surface area contributed by atoms with E-state index in [0.29, 0.717) is 5.56 Å². The predicted molar refractivity (Wildman–Crippen MR) is 94.9 cm³/mol. The molecule has 1 aliphatic rings. The molecule has 0 aliphatic heterocycles. The quantitative estimate of drug-likeness (QED) is 0.917. The van der Waals surface area contributed by atoms with Crippen LogP contribution in [0.5, 0.6) is 0 Å². The third-order valence-electron chi connectivity index (χ3n) is 4.75. The van der Waals surface area contributed by atoms with Crippen molar-refractivity contribution in [1.82, 2.24) is 5.32 Å². The van der Waals surface area contributed by atoms with Crippen molar-refractivity contribution in [2.75, 3.05) is 0 Å². The van der Waals surface area contributed by atoms with Gasteiger partial charge in [0.15, 0.2) is 5.78 Å². The lowest BCUT2D eigenvalue weighted by Crippen LogP contribution is -2.47. The van der Waals surface area contributed by atoms with Crippen LogP contribution in [0.1, 0.15) is 35.3 Å². The Balaban J connectivity index is 1.72. The van der Waals surface area contributed by atoms with Crippen molar-refractivity contribution >= 4 is 11.7 Å². The van der Waals surface area contributed by atoms with Crippen LogP contribution in [0.2, 0.25) is 0 Å². The van der Waals surface area contributed by atoms with Gasteiger partial charge < -0.3 is 5.32 Å². The van der Waals surface area contributed by atoms with E-state index in [0.717, 1.165) is 12.8 Å². The number of benzene rings is 2. The number of carbonyl (C=O) groups is 2. The molecule has 2 aromatic rings. The fourth-order valence-electron chi connectivity index (χ4n) is 3.39. The highest BCUT2D eigenvalue weighted by molar-refractivity contribution is 5.98. The largest absolute Gasteiger partial charge is 0.342 e. The minimum atomic E-state index is -0.447. The monoisotopic (exact) mass is 321 g/mol. The van der Waals surface area contributed by atoms with E-state index in [1.165, 1.54) is 11.1 Å². The van der Waals surface area contributed by atoms with E-state index in [4.69, 9.17) is 0 Å². The zero-order valence-electron chi connectivity index (χ0n) is 14.2. The predicted octanol–water partition coefficient (Wildman–Crippen LogP) is 3.43. The SMILES string of the molecule is CC(C)[C@H](NC(=O)c1ccccc1)C(=O)C1Cc2ccccc2C1. The topological polar surface area (TPSA) is 46.2 Å². The zero-order valence-corrected chi connectivity index (χ0v) is 14.2. The maximum atomic E-state index is 13.0. The fourth-order valence-corrected chi connectivity index (χ4v) is 3.39. The van der Waals surface area contributed by atoms with Crippen molar-refractivity contribution in [3.05, 3.63) is 71.3 Å². The van der Waals surface area contributed by atoms with Crippen LogP contribution in [0.25, 0.3) is 0 Å². The number of Topliss-reactive ketones (excluding diaryl/α,β-unsaturated/α-hetero) is 1. The summed E-state index contributed by atoms with van der Waals surface area (Å²) in [4.78, 5) is 25.4. The van der Waals surface area contributed by atoms with E-state index in [9.17, 15) is 9.59 Å². The van der Waals surface area contributed by atoms with Gasteiger partial charge in [0.25, 0.3) is 5.91 Å². The summed E-state index contributed by atoms with van der Waals surface area (Å²) in [5.41, 5.74) is 3.10. The molecule has 124 valence electrons. The molecule has 0 bridgehead atoms. The van der Waals surface area contributed by atoms with Gasteiger partial charge in [-0.1, -0.05) is 56.3 Å². The van der Waals surface area contributed by atoms with Gasteiger partial charge in [0.2, 0.25) is 0 Å². The van der Waals surface area contributed by atoms with E-state index in [-0.39, 0.29) is 23.5 Å². The Morgan fingerprint density at radius 1 is 0.917 bits per heavy atom. The van der Waals surface area contributed by atoms with Crippen molar-refractivity contribution in [1.29, 1.82) is 0 Å². The van der Waals surface area contributed by atoms with E-state index in [1.807, 2.05) is 44.2 Å². The van der Waals surface area contributed by atoms with Gasteiger partial charge in [0.05, 0.1) is 6.04 Å². The smallest absolute Gasteiger partial charge is 0.251 e. The number of fused-ring (bicyclic) bond motifs is 1. The van der Waals surface area contributed by atoms with Gasteiger partial charge in [-0.25, -0.2) is 0 Å². The molecule has 3 nitrogen and oxygen atoms in total. The highest BCUT2D eigenvalue weighted by atomic mass is 16.2. The van der Waals surface area contributed by atoms with Crippen LogP contribution in [0.4, 0.5) is 0 Å². The van der Waals surface area contributed by atoms with Gasteiger partial charge in [-0.3, -0.25) is 9.59 Å². The number of carbonyl (C=O) groups excluding carboxylic acids is 2. The first-order chi connectivity index (χ1) is 11.6. The molecule has 0 spiro atoms. The van der Waals surface area contributed by atoms with Crippen LogP contribution >= 0.6 is 0 Å². The van der Waals surface area contributed by atoms with Crippen molar-refractivity contribution in [3.63, 3.8) is 0 Å². The van der Waals surface area contributed by atoms with Crippen LogP contribution in [0.15, 0.2) is 54.6 Å². The number of ketones is 1. The number of rotatable bonds is 5. The Bertz CT molecular complexity index is 712. The molecular formula is C21H23NO2. The van der Waals surface area contributed by atoms with E-state index >= 15 is 0 Å². The highest BCUT2D eigenvalue weighted by Gasteiger charge is 2.34. The molecular weight excluding hydrogens is 298 g/mol. The third-order valence-corrected chi connectivity index (χ3v) is 4.75. The number of amides is 1. The Labute approximate surface area is 143 Å². The first-order valence-electron chi connectivity index (χ1n) is 8.52. The molecule has 0 unspecified atom stereocenters. The molecule has 0 saturated carbocycles. The molecule has 1 aliphatic carbocycles. The first kappa shape index (κ1) is 16.4. The summed E-state index contributed by atoms with van der Waals surface area (Å²) in [6, 6.07) is 16.8. The van der Waals surface area contributed by atoms with Gasteiger partial charge in [-0.05, 0) is 42.0 Å². The normalized spacial score (nSPS) is 15.1. The third kappa shape index (κ3) is 3.40. The van der Waals surface area contributed by atoms with Crippen LogP contribution in [0.3, 0.4) is 0 Å². The molecule has 3 heteroatoms. The van der Waals surface area contributed by atoms with Gasteiger partial charge in [0.1, 0.15) is 0 Å². The van der Waals surface area contributed by atoms with Crippen LogP contribution in [0, 0.1) is 11.8 Å². The first-order valence-corrected chi connectivity index (χ1v) is 8.52. The van der Waals surface area contributed by atoms with Gasteiger partial charge in [-0.2, -0.15) is 0 Å². The van der Waals surface area contributed by atoms with Gasteiger partial charge in [-0.15, -0.1) is 0 Å². The molecule has 0 aromatic heterocycles. The lowest BCUT2D eigenvalue weighted by molar-refractivity contribution is -0.125. The van der Waals surface area contributed by atoms with Gasteiger partial charge in [0, 0.05) is 11.5 Å². The van der Waals surface area contributed by atoms with E-state index in [1.54, 1.807) is 12.1 Å². The van der Waals surface area contributed by atoms with Crippen LogP contribution in [-0.2, 0) is 17.6 Å². The van der Waals surface area contributed by atoms with Crippen molar-refractivity contribution in [2.45, 2.75) is 32.7 Å². The van der Waals surface area contributed by atoms with Crippen molar-refractivity contribution in [3.8, 4) is 0 Å².